The highest BCUT2D eigenvalue weighted by Gasteiger charge is 2.12. The Morgan fingerprint density at radius 3 is 2.25 bits per heavy atom. The van der Waals surface area contributed by atoms with Crippen LogP contribution in [-0.4, -0.2) is 21.6 Å². The average molecular weight is 305 g/mol. The summed E-state index contributed by atoms with van der Waals surface area (Å²) < 4.78 is 0.908. The molecule has 0 saturated carbocycles. The lowest BCUT2D eigenvalue weighted by Gasteiger charge is -2.15. The maximum Gasteiger partial charge on any atom is 0.0772 e. The summed E-state index contributed by atoms with van der Waals surface area (Å²) in [6.45, 7) is 5.52. The van der Waals surface area contributed by atoms with Crippen molar-refractivity contribution in [3.63, 3.8) is 0 Å². The number of thioether (sulfide) groups is 1. The molecule has 0 fully saturated rings. The third-order valence-electron chi connectivity index (χ3n) is 2.42. The summed E-state index contributed by atoms with van der Waals surface area (Å²) in [6, 6.07) is 5.85. The predicted octanol–water partition coefficient (Wildman–Crippen LogP) is 3.36. The maximum absolute atomic E-state index is 9.49. The van der Waals surface area contributed by atoms with Crippen LogP contribution in [0.25, 0.3) is 0 Å². The van der Waals surface area contributed by atoms with Gasteiger partial charge in [0.2, 0.25) is 0 Å². The summed E-state index contributed by atoms with van der Waals surface area (Å²) in [6.07, 6.45) is -0.803. The first kappa shape index (κ1) is 14.0. The van der Waals surface area contributed by atoms with Crippen LogP contribution < -0.4 is 0 Å². The Kier molecular flexibility index (Phi) is 5.31. The fraction of sp³-hybridized carbons (Fsp3) is 0.500. The van der Waals surface area contributed by atoms with Crippen molar-refractivity contribution in [1.29, 1.82) is 0 Å². The molecule has 0 heterocycles. The van der Waals surface area contributed by atoms with Gasteiger partial charge in [0.15, 0.2) is 0 Å². The zero-order chi connectivity index (χ0) is 12.3. The third kappa shape index (κ3) is 3.77. The van der Waals surface area contributed by atoms with Gasteiger partial charge in [0.05, 0.1) is 12.2 Å². The van der Waals surface area contributed by atoms with Gasteiger partial charge in [-0.1, -0.05) is 28.9 Å². The first-order valence-corrected chi connectivity index (χ1v) is 6.91. The van der Waals surface area contributed by atoms with Crippen LogP contribution in [0.3, 0.4) is 0 Å². The van der Waals surface area contributed by atoms with Crippen LogP contribution in [0, 0.1) is 0 Å². The molecule has 0 aliphatic heterocycles. The molecule has 0 spiro atoms. The summed E-state index contributed by atoms with van der Waals surface area (Å²) in [5, 5.41) is 19.1. The molecule has 90 valence electrons. The van der Waals surface area contributed by atoms with Crippen LogP contribution >= 0.6 is 27.7 Å². The quantitative estimate of drug-likeness (QED) is 0.838. The van der Waals surface area contributed by atoms with Gasteiger partial charge >= 0.3 is 0 Å². The Balaban J connectivity index is 2.81. The molecule has 0 aliphatic rings. The molecule has 0 bridgehead atoms. The average Bonchev–Trinajstić information content (AvgIpc) is 2.16. The second-order valence-corrected chi connectivity index (χ2v) is 6.23. The lowest BCUT2D eigenvalue weighted by atomic mass is 10.1. The van der Waals surface area contributed by atoms with E-state index in [1.807, 2.05) is 25.1 Å². The van der Waals surface area contributed by atoms with Gasteiger partial charge in [-0.15, -0.1) is 11.8 Å². The number of aliphatic hydroxyl groups is 2. The molecular weight excluding hydrogens is 288 g/mol. The monoisotopic (exact) mass is 304 g/mol. The normalized spacial score (nSPS) is 16.9. The summed E-state index contributed by atoms with van der Waals surface area (Å²) in [5.74, 6) is 0. The molecule has 1 aromatic rings. The standard InChI is InChI=1S/C12H17BrO2S/c1-7(14)9(3)16-10-4-5-11(8(2)15)12(13)6-10/h4-9,14-15H,1-3H3/t7?,8-,9?/m0/s1. The van der Waals surface area contributed by atoms with E-state index in [2.05, 4.69) is 15.9 Å². The topological polar surface area (TPSA) is 40.5 Å². The van der Waals surface area contributed by atoms with Gasteiger partial charge in [-0.25, -0.2) is 0 Å². The molecule has 0 amide bonds. The van der Waals surface area contributed by atoms with Crippen LogP contribution in [0.4, 0.5) is 0 Å². The van der Waals surface area contributed by atoms with E-state index in [4.69, 9.17) is 0 Å². The number of hydrogen-bond donors (Lipinski definition) is 2. The molecule has 0 aromatic heterocycles. The highest BCUT2D eigenvalue weighted by Crippen LogP contribution is 2.31. The number of rotatable bonds is 4. The largest absolute Gasteiger partial charge is 0.392 e. The van der Waals surface area contributed by atoms with Crippen LogP contribution in [0.15, 0.2) is 27.6 Å². The minimum Gasteiger partial charge on any atom is -0.392 e. The Labute approximate surface area is 109 Å². The van der Waals surface area contributed by atoms with E-state index >= 15 is 0 Å². The van der Waals surface area contributed by atoms with Gasteiger partial charge in [-0.2, -0.15) is 0 Å². The first-order chi connectivity index (χ1) is 7.41. The molecule has 1 rings (SSSR count). The van der Waals surface area contributed by atoms with Crippen molar-refractivity contribution in [3.8, 4) is 0 Å². The molecule has 4 heteroatoms. The van der Waals surface area contributed by atoms with E-state index in [1.165, 1.54) is 0 Å². The van der Waals surface area contributed by atoms with Crippen LogP contribution in [0.5, 0.6) is 0 Å². The summed E-state index contributed by atoms with van der Waals surface area (Å²) in [5.41, 5.74) is 0.883. The lowest BCUT2D eigenvalue weighted by molar-refractivity contribution is 0.196. The molecule has 0 radical (unpaired) electrons. The number of aliphatic hydroxyl groups excluding tert-OH is 2. The Hall–Kier alpha value is -0.0300. The van der Waals surface area contributed by atoms with Crippen LogP contribution in [-0.2, 0) is 0 Å². The van der Waals surface area contributed by atoms with Crippen LogP contribution in [0.2, 0.25) is 0 Å². The number of benzene rings is 1. The highest BCUT2D eigenvalue weighted by atomic mass is 79.9. The molecular formula is C12H17BrO2S. The minimum absolute atomic E-state index is 0.157. The molecule has 0 saturated heterocycles. The van der Waals surface area contributed by atoms with Crippen molar-refractivity contribution in [2.75, 3.05) is 0 Å². The molecule has 16 heavy (non-hydrogen) atoms. The Morgan fingerprint density at radius 1 is 1.19 bits per heavy atom. The van der Waals surface area contributed by atoms with Gasteiger partial charge in [0, 0.05) is 14.6 Å². The fourth-order valence-electron chi connectivity index (χ4n) is 1.23. The molecule has 2 nitrogen and oxygen atoms in total. The van der Waals surface area contributed by atoms with E-state index in [0.717, 1.165) is 14.9 Å². The highest BCUT2D eigenvalue weighted by molar-refractivity contribution is 9.10. The zero-order valence-corrected chi connectivity index (χ0v) is 12.0. The van der Waals surface area contributed by atoms with Crippen molar-refractivity contribution >= 4 is 27.7 Å². The number of halogens is 1. The van der Waals surface area contributed by atoms with E-state index < -0.39 is 6.10 Å². The van der Waals surface area contributed by atoms with E-state index in [-0.39, 0.29) is 11.4 Å². The number of hydrogen-bond acceptors (Lipinski definition) is 3. The maximum atomic E-state index is 9.49. The van der Waals surface area contributed by atoms with Crippen molar-refractivity contribution in [1.82, 2.24) is 0 Å². The van der Waals surface area contributed by atoms with Crippen molar-refractivity contribution < 1.29 is 10.2 Å². The van der Waals surface area contributed by atoms with E-state index in [9.17, 15) is 10.2 Å². The first-order valence-electron chi connectivity index (χ1n) is 5.24. The van der Waals surface area contributed by atoms with Crippen LogP contribution in [0.1, 0.15) is 32.4 Å². The third-order valence-corrected chi connectivity index (χ3v) is 4.40. The summed E-state index contributed by atoms with van der Waals surface area (Å²) in [4.78, 5) is 1.09. The van der Waals surface area contributed by atoms with Crippen molar-refractivity contribution in [2.45, 2.75) is 43.1 Å². The molecule has 1 aromatic carbocycles. The van der Waals surface area contributed by atoms with Gasteiger partial charge in [0.25, 0.3) is 0 Å². The second kappa shape index (κ2) is 6.05. The van der Waals surface area contributed by atoms with Crippen molar-refractivity contribution in [2.24, 2.45) is 0 Å². The summed E-state index contributed by atoms with van der Waals surface area (Å²) >= 11 is 5.06. The Morgan fingerprint density at radius 2 is 1.81 bits per heavy atom. The molecule has 3 atom stereocenters. The molecule has 0 aliphatic carbocycles. The van der Waals surface area contributed by atoms with Gasteiger partial charge < -0.3 is 10.2 Å². The second-order valence-electron chi connectivity index (χ2n) is 3.92. The lowest BCUT2D eigenvalue weighted by Crippen LogP contribution is -2.14. The van der Waals surface area contributed by atoms with E-state index in [0.29, 0.717) is 0 Å². The molecule has 2 N–H and O–H groups in total. The summed E-state index contributed by atoms with van der Waals surface area (Å²) in [7, 11) is 0. The van der Waals surface area contributed by atoms with Gasteiger partial charge in [-0.3, -0.25) is 0 Å². The van der Waals surface area contributed by atoms with E-state index in [1.54, 1.807) is 25.6 Å². The Bertz CT molecular complexity index is 353. The SMILES string of the molecule is CC(O)C(C)Sc1ccc([C@H](C)O)c(Br)c1. The smallest absolute Gasteiger partial charge is 0.0772 e. The van der Waals surface area contributed by atoms with Gasteiger partial charge in [-0.05, 0) is 31.5 Å². The zero-order valence-electron chi connectivity index (χ0n) is 9.64. The van der Waals surface area contributed by atoms with Crippen molar-refractivity contribution in [3.05, 3.63) is 28.2 Å². The predicted molar refractivity (Wildman–Crippen MR) is 71.8 cm³/mol. The molecule has 2 unspecified atom stereocenters. The fourth-order valence-corrected chi connectivity index (χ4v) is 3.05. The van der Waals surface area contributed by atoms with Gasteiger partial charge in [0.1, 0.15) is 0 Å². The minimum atomic E-state index is -0.470.